The van der Waals surface area contributed by atoms with Crippen LogP contribution in [0.3, 0.4) is 0 Å². The highest BCUT2D eigenvalue weighted by atomic mass is 35.5. The number of hydrogen-bond acceptors (Lipinski definition) is 5. The van der Waals surface area contributed by atoms with E-state index in [4.69, 9.17) is 16.3 Å². The van der Waals surface area contributed by atoms with Gasteiger partial charge in [-0.15, -0.1) is 10.2 Å². The van der Waals surface area contributed by atoms with Crippen molar-refractivity contribution in [2.75, 3.05) is 31.6 Å². The van der Waals surface area contributed by atoms with Gasteiger partial charge < -0.3 is 15.0 Å². The van der Waals surface area contributed by atoms with Gasteiger partial charge >= 0.3 is 0 Å². The molecule has 2 aliphatic heterocycles. The van der Waals surface area contributed by atoms with Crippen molar-refractivity contribution in [1.82, 2.24) is 15.1 Å². The fourth-order valence-electron chi connectivity index (χ4n) is 6.00. The van der Waals surface area contributed by atoms with E-state index >= 15 is 0 Å². The van der Waals surface area contributed by atoms with Gasteiger partial charge in [0, 0.05) is 37.8 Å². The van der Waals surface area contributed by atoms with E-state index in [2.05, 4.69) is 34.3 Å². The van der Waals surface area contributed by atoms with E-state index in [0.29, 0.717) is 22.3 Å². The number of anilines is 1. The van der Waals surface area contributed by atoms with Gasteiger partial charge in [0.1, 0.15) is 11.6 Å². The Morgan fingerprint density at radius 2 is 1.94 bits per heavy atom. The lowest BCUT2D eigenvalue weighted by Gasteiger charge is -2.37. The van der Waals surface area contributed by atoms with Crippen molar-refractivity contribution in [3.8, 4) is 11.3 Å². The Balaban J connectivity index is 1.13. The molecule has 5 rings (SSSR count). The first-order valence-electron chi connectivity index (χ1n) is 11.8. The number of aromatic nitrogens is 2. The number of benzene rings is 1. The summed E-state index contributed by atoms with van der Waals surface area (Å²) in [6, 6.07) is 8.48. The summed E-state index contributed by atoms with van der Waals surface area (Å²) in [6.45, 7) is 8.97. The minimum atomic E-state index is -0.333. The van der Waals surface area contributed by atoms with Crippen LogP contribution in [0.4, 0.5) is 10.2 Å². The zero-order chi connectivity index (χ0) is 22.3. The van der Waals surface area contributed by atoms with Crippen molar-refractivity contribution in [1.29, 1.82) is 0 Å². The topological polar surface area (TPSA) is 50.3 Å². The zero-order valence-corrected chi connectivity index (χ0v) is 19.6. The molecule has 3 heterocycles. The molecule has 5 nitrogen and oxygen atoms in total. The second-order valence-corrected chi connectivity index (χ2v) is 10.9. The van der Waals surface area contributed by atoms with Gasteiger partial charge in [0.15, 0.2) is 0 Å². The molecule has 7 heteroatoms. The monoisotopic (exact) mass is 458 g/mol. The first-order valence-corrected chi connectivity index (χ1v) is 12.1. The van der Waals surface area contributed by atoms with E-state index in [1.807, 2.05) is 12.1 Å². The molecular formula is C25H32ClFN4O. The van der Waals surface area contributed by atoms with Crippen molar-refractivity contribution in [2.45, 2.75) is 51.2 Å². The Hall–Kier alpha value is -1.76. The minimum Gasteiger partial charge on any atom is -0.376 e. The molecule has 2 saturated heterocycles. The standard InChI is InChI=1S/C25H32ClFN4O/c1-25(2)12-16(7-8-32-25)13-31-14-17-9-20(10-18(17)15-31)28-24-6-5-23(29-30-24)21-11-19(27)3-4-22(21)26/h3-6,11,16-18,20H,7-10,12-15H2,1-2H3,(H,28,30). The van der Waals surface area contributed by atoms with Crippen LogP contribution >= 0.6 is 11.6 Å². The minimum absolute atomic E-state index is 0.0319. The smallest absolute Gasteiger partial charge is 0.148 e. The molecule has 3 atom stereocenters. The van der Waals surface area contributed by atoms with Gasteiger partial charge in [-0.3, -0.25) is 0 Å². The summed E-state index contributed by atoms with van der Waals surface area (Å²) in [7, 11) is 0. The lowest BCUT2D eigenvalue weighted by molar-refractivity contribution is -0.0762. The van der Waals surface area contributed by atoms with Crippen molar-refractivity contribution >= 4 is 17.4 Å². The molecule has 3 aliphatic rings. The fourth-order valence-corrected chi connectivity index (χ4v) is 6.21. The molecule has 1 saturated carbocycles. The third-order valence-corrected chi connectivity index (χ3v) is 7.69. The quantitative estimate of drug-likeness (QED) is 0.662. The van der Waals surface area contributed by atoms with Crippen LogP contribution in [0.1, 0.15) is 39.5 Å². The molecule has 1 aromatic heterocycles. The number of rotatable bonds is 5. The van der Waals surface area contributed by atoms with Gasteiger partial charge in [-0.25, -0.2) is 4.39 Å². The Morgan fingerprint density at radius 1 is 1.16 bits per heavy atom. The van der Waals surface area contributed by atoms with Crippen molar-refractivity contribution in [2.24, 2.45) is 17.8 Å². The van der Waals surface area contributed by atoms with E-state index in [1.165, 1.54) is 57.5 Å². The van der Waals surface area contributed by atoms with E-state index in [9.17, 15) is 4.39 Å². The molecule has 0 amide bonds. The summed E-state index contributed by atoms with van der Waals surface area (Å²) in [5.41, 5.74) is 1.17. The molecule has 3 fully saturated rings. The molecule has 1 aliphatic carbocycles. The Bertz CT molecular complexity index is 939. The molecule has 3 unspecified atom stereocenters. The van der Waals surface area contributed by atoms with Gasteiger partial charge in [0.05, 0.1) is 16.3 Å². The van der Waals surface area contributed by atoms with Crippen LogP contribution in [0.2, 0.25) is 5.02 Å². The Labute approximate surface area is 194 Å². The zero-order valence-electron chi connectivity index (χ0n) is 18.9. The highest BCUT2D eigenvalue weighted by Crippen LogP contribution is 2.40. The summed E-state index contributed by atoms with van der Waals surface area (Å²) in [5.74, 6) is 2.72. The lowest BCUT2D eigenvalue weighted by Crippen LogP contribution is -2.39. The molecule has 0 bridgehead atoms. The second-order valence-electron chi connectivity index (χ2n) is 10.4. The molecule has 1 N–H and O–H groups in total. The predicted octanol–water partition coefficient (Wildman–Crippen LogP) is 5.26. The summed E-state index contributed by atoms with van der Waals surface area (Å²) in [4.78, 5) is 2.69. The largest absolute Gasteiger partial charge is 0.376 e. The third-order valence-electron chi connectivity index (χ3n) is 7.36. The lowest BCUT2D eigenvalue weighted by atomic mass is 9.88. The predicted molar refractivity (Wildman–Crippen MR) is 125 cm³/mol. The number of halogens is 2. The highest BCUT2D eigenvalue weighted by Gasteiger charge is 2.42. The van der Waals surface area contributed by atoms with Gasteiger partial charge in [-0.1, -0.05) is 11.6 Å². The number of fused-ring (bicyclic) bond motifs is 1. The number of likely N-dealkylation sites (tertiary alicyclic amines) is 1. The number of nitrogens with one attached hydrogen (secondary N) is 1. The number of nitrogens with zero attached hydrogens (tertiary/aromatic N) is 3. The maximum atomic E-state index is 13.6. The normalized spacial score (nSPS) is 29.8. The second kappa shape index (κ2) is 8.88. The molecule has 2 aromatic rings. The maximum Gasteiger partial charge on any atom is 0.148 e. The molecule has 1 aromatic carbocycles. The van der Waals surface area contributed by atoms with Crippen molar-refractivity contribution < 1.29 is 9.13 Å². The first kappa shape index (κ1) is 22.1. The molecule has 0 spiro atoms. The molecule has 172 valence electrons. The van der Waals surface area contributed by atoms with Gasteiger partial charge in [-0.05, 0) is 87.6 Å². The summed E-state index contributed by atoms with van der Waals surface area (Å²) in [6.07, 6.45) is 4.71. The van der Waals surface area contributed by atoms with Gasteiger partial charge in [-0.2, -0.15) is 0 Å². The number of hydrogen-bond donors (Lipinski definition) is 1. The van der Waals surface area contributed by atoms with Crippen molar-refractivity contribution in [3.63, 3.8) is 0 Å². The van der Waals surface area contributed by atoms with E-state index in [1.54, 1.807) is 6.07 Å². The van der Waals surface area contributed by atoms with Gasteiger partial charge in [0.25, 0.3) is 0 Å². The van der Waals surface area contributed by atoms with Crippen LogP contribution in [0.5, 0.6) is 0 Å². The van der Waals surface area contributed by atoms with E-state index in [-0.39, 0.29) is 11.4 Å². The SMILES string of the molecule is CC1(C)CC(CN2CC3CC(Nc4ccc(-c5cc(F)ccc5Cl)nn4)CC3C2)CCO1. The molecular weight excluding hydrogens is 427 g/mol. The average molecular weight is 459 g/mol. The fraction of sp³-hybridized carbons (Fsp3) is 0.600. The molecule has 32 heavy (non-hydrogen) atoms. The molecule has 0 radical (unpaired) electrons. The third kappa shape index (κ3) is 4.92. The van der Waals surface area contributed by atoms with Crippen LogP contribution in [0, 0.1) is 23.6 Å². The Morgan fingerprint density at radius 3 is 2.62 bits per heavy atom. The first-order chi connectivity index (χ1) is 15.3. The van der Waals surface area contributed by atoms with Crippen LogP contribution in [-0.2, 0) is 4.74 Å². The summed E-state index contributed by atoms with van der Waals surface area (Å²) in [5, 5.41) is 12.6. The van der Waals surface area contributed by atoms with E-state index in [0.717, 1.165) is 30.2 Å². The Kier molecular flexibility index (Phi) is 6.12. The van der Waals surface area contributed by atoms with Crippen molar-refractivity contribution in [3.05, 3.63) is 41.2 Å². The van der Waals surface area contributed by atoms with Crippen LogP contribution < -0.4 is 5.32 Å². The van der Waals surface area contributed by atoms with E-state index < -0.39 is 0 Å². The maximum absolute atomic E-state index is 13.6. The summed E-state index contributed by atoms with van der Waals surface area (Å²) < 4.78 is 19.4. The average Bonchev–Trinajstić information content (AvgIpc) is 3.27. The van der Waals surface area contributed by atoms with Crippen LogP contribution in [0.25, 0.3) is 11.3 Å². The highest BCUT2D eigenvalue weighted by molar-refractivity contribution is 6.33. The van der Waals surface area contributed by atoms with Crippen LogP contribution in [-0.4, -0.2) is 53.0 Å². The van der Waals surface area contributed by atoms with Gasteiger partial charge in [0.2, 0.25) is 0 Å². The number of ether oxygens (including phenoxy) is 1. The van der Waals surface area contributed by atoms with Crippen LogP contribution in [0.15, 0.2) is 30.3 Å². The summed E-state index contributed by atoms with van der Waals surface area (Å²) >= 11 is 6.19.